The normalized spacial score (nSPS) is 13.3. The van der Waals surface area contributed by atoms with Gasteiger partial charge in [-0.3, -0.25) is 5.01 Å². The van der Waals surface area contributed by atoms with Gasteiger partial charge in [-0.2, -0.15) is 0 Å². The topological polar surface area (TPSA) is 49.4 Å². The van der Waals surface area contributed by atoms with E-state index in [-0.39, 0.29) is 0 Å². The van der Waals surface area contributed by atoms with E-state index in [0.717, 1.165) is 16.7 Å². The molecule has 0 atom stereocenters. The zero-order valence-electron chi connectivity index (χ0n) is 11.5. The number of benzene rings is 1. The number of hydrogen-bond donors (Lipinski definition) is 2. The molecule has 0 amide bonds. The lowest BCUT2D eigenvalue weighted by atomic mass is 10.1. The first-order chi connectivity index (χ1) is 10.3. The molecule has 1 aromatic carbocycles. The van der Waals surface area contributed by atoms with Crippen LogP contribution in [0, 0.1) is 0 Å². The molecule has 1 aromatic heterocycles. The Morgan fingerprint density at radius 1 is 1.33 bits per heavy atom. The minimum absolute atomic E-state index is 0.587. The van der Waals surface area contributed by atoms with Crippen LogP contribution >= 0.6 is 11.6 Å². The summed E-state index contributed by atoms with van der Waals surface area (Å²) in [6.07, 6.45) is 5.55. The molecule has 108 valence electrons. The van der Waals surface area contributed by atoms with E-state index in [1.807, 2.05) is 41.7 Å². The van der Waals surface area contributed by atoms with Crippen molar-refractivity contribution in [3.05, 3.63) is 59.5 Å². The van der Waals surface area contributed by atoms with Gasteiger partial charge >= 0.3 is 0 Å². The van der Waals surface area contributed by atoms with Gasteiger partial charge < -0.3 is 10.2 Å². The maximum absolute atomic E-state index is 6.07. The predicted molar refractivity (Wildman–Crippen MR) is 82.2 cm³/mol. The van der Waals surface area contributed by atoms with E-state index in [0.29, 0.717) is 17.4 Å². The summed E-state index contributed by atoms with van der Waals surface area (Å²) in [5.41, 5.74) is 8.87. The third-order valence-corrected chi connectivity index (χ3v) is 3.37. The molecule has 0 fully saturated rings. The lowest BCUT2D eigenvalue weighted by Gasteiger charge is -2.16. The first-order valence-corrected chi connectivity index (χ1v) is 6.87. The Morgan fingerprint density at radius 2 is 2.24 bits per heavy atom. The van der Waals surface area contributed by atoms with Gasteiger partial charge in [0.1, 0.15) is 0 Å². The van der Waals surface area contributed by atoms with E-state index in [9.17, 15) is 0 Å². The van der Waals surface area contributed by atoms with Crippen LogP contribution in [0.1, 0.15) is 5.56 Å². The van der Waals surface area contributed by atoms with Crippen LogP contribution in [0.4, 0.5) is 0 Å². The van der Waals surface area contributed by atoms with Crippen molar-refractivity contribution in [1.29, 1.82) is 0 Å². The van der Waals surface area contributed by atoms with E-state index in [2.05, 4.69) is 22.0 Å². The highest BCUT2D eigenvalue weighted by Crippen LogP contribution is 2.30. The number of pyridine rings is 1. The van der Waals surface area contributed by atoms with Gasteiger partial charge in [0.2, 0.25) is 5.88 Å². The number of rotatable bonds is 4. The van der Waals surface area contributed by atoms with Gasteiger partial charge in [-0.25, -0.2) is 4.98 Å². The van der Waals surface area contributed by atoms with Crippen molar-refractivity contribution in [2.24, 2.45) is 0 Å². The molecule has 1 aliphatic rings. The summed E-state index contributed by atoms with van der Waals surface area (Å²) in [5, 5.41) is 2.61. The molecule has 21 heavy (non-hydrogen) atoms. The van der Waals surface area contributed by atoms with Crippen LogP contribution < -0.4 is 15.7 Å². The average Bonchev–Trinajstić information content (AvgIpc) is 3.00. The minimum Gasteiger partial charge on any atom is -0.481 e. The van der Waals surface area contributed by atoms with E-state index >= 15 is 0 Å². The largest absolute Gasteiger partial charge is 0.481 e. The summed E-state index contributed by atoms with van der Waals surface area (Å²) in [7, 11) is 1.62. The van der Waals surface area contributed by atoms with Gasteiger partial charge in [-0.05, 0) is 29.3 Å². The Morgan fingerprint density at radius 3 is 2.95 bits per heavy atom. The second-order valence-electron chi connectivity index (χ2n) is 4.61. The summed E-state index contributed by atoms with van der Waals surface area (Å²) in [4.78, 5) is 4.38. The van der Waals surface area contributed by atoms with Crippen molar-refractivity contribution < 1.29 is 4.74 Å². The lowest BCUT2D eigenvalue weighted by Crippen LogP contribution is -2.34. The molecule has 6 heteroatoms. The highest BCUT2D eigenvalue weighted by molar-refractivity contribution is 6.30. The van der Waals surface area contributed by atoms with Gasteiger partial charge in [0, 0.05) is 29.2 Å². The molecule has 0 aliphatic carbocycles. The minimum atomic E-state index is 0.587. The highest BCUT2D eigenvalue weighted by Gasteiger charge is 2.11. The SMILES string of the molecule is COc1ncc(CN2C=CNN2)cc1-c1cccc(Cl)c1. The highest BCUT2D eigenvalue weighted by atomic mass is 35.5. The molecule has 2 N–H and O–H groups in total. The van der Waals surface area contributed by atoms with Crippen LogP contribution in [0.2, 0.25) is 5.02 Å². The average molecular weight is 303 g/mol. The number of ether oxygens (including phenoxy) is 1. The molecule has 3 rings (SSSR count). The van der Waals surface area contributed by atoms with Crippen LogP contribution in [0.5, 0.6) is 5.88 Å². The van der Waals surface area contributed by atoms with E-state index in [1.54, 1.807) is 13.3 Å². The summed E-state index contributed by atoms with van der Waals surface area (Å²) >= 11 is 6.07. The fraction of sp³-hybridized carbons (Fsp3) is 0.133. The van der Waals surface area contributed by atoms with Gasteiger partial charge in [0.15, 0.2) is 0 Å². The number of methoxy groups -OCH3 is 1. The van der Waals surface area contributed by atoms with Crippen molar-refractivity contribution in [2.45, 2.75) is 6.54 Å². The number of halogens is 1. The molecule has 5 nitrogen and oxygen atoms in total. The predicted octanol–water partition coefficient (Wildman–Crippen LogP) is 2.71. The number of hydrogen-bond acceptors (Lipinski definition) is 5. The monoisotopic (exact) mass is 302 g/mol. The van der Waals surface area contributed by atoms with Crippen molar-refractivity contribution in [3.63, 3.8) is 0 Å². The Kier molecular flexibility index (Phi) is 3.94. The number of hydrazine groups is 2. The maximum atomic E-state index is 6.07. The quantitative estimate of drug-likeness (QED) is 0.909. The van der Waals surface area contributed by atoms with Crippen molar-refractivity contribution in [3.8, 4) is 17.0 Å². The van der Waals surface area contributed by atoms with Gasteiger partial charge in [-0.15, -0.1) is 5.53 Å². The van der Waals surface area contributed by atoms with Crippen LogP contribution in [-0.2, 0) is 6.54 Å². The molecular formula is C15H15ClN4O. The van der Waals surface area contributed by atoms with Gasteiger partial charge in [0.25, 0.3) is 0 Å². The summed E-state index contributed by atoms with van der Waals surface area (Å²) in [6, 6.07) is 9.72. The fourth-order valence-electron chi connectivity index (χ4n) is 2.18. The third-order valence-electron chi connectivity index (χ3n) is 3.14. The zero-order chi connectivity index (χ0) is 14.7. The van der Waals surface area contributed by atoms with Gasteiger partial charge in [0.05, 0.1) is 13.7 Å². The molecule has 0 spiro atoms. The Labute approximate surface area is 128 Å². The molecule has 0 saturated heterocycles. The molecule has 0 bridgehead atoms. The fourth-order valence-corrected chi connectivity index (χ4v) is 2.37. The van der Waals surface area contributed by atoms with Crippen LogP contribution in [0.25, 0.3) is 11.1 Å². The molecule has 1 aliphatic heterocycles. The molecule has 2 heterocycles. The lowest BCUT2D eigenvalue weighted by molar-refractivity contribution is 0.263. The molecular weight excluding hydrogens is 288 g/mol. The molecule has 0 saturated carbocycles. The molecule has 0 unspecified atom stereocenters. The zero-order valence-corrected chi connectivity index (χ0v) is 12.3. The molecule has 2 aromatic rings. The number of aromatic nitrogens is 1. The summed E-state index contributed by atoms with van der Waals surface area (Å²) < 4.78 is 5.35. The maximum Gasteiger partial charge on any atom is 0.221 e. The van der Waals surface area contributed by atoms with Crippen molar-refractivity contribution >= 4 is 11.6 Å². The first-order valence-electron chi connectivity index (χ1n) is 6.49. The Balaban J connectivity index is 1.95. The summed E-state index contributed by atoms with van der Waals surface area (Å²) in [6.45, 7) is 0.689. The summed E-state index contributed by atoms with van der Waals surface area (Å²) in [5.74, 6) is 0.587. The number of nitrogens with zero attached hydrogens (tertiary/aromatic N) is 2. The Bertz CT molecular complexity index is 674. The van der Waals surface area contributed by atoms with E-state index < -0.39 is 0 Å². The van der Waals surface area contributed by atoms with Crippen LogP contribution in [-0.4, -0.2) is 17.1 Å². The van der Waals surface area contributed by atoms with E-state index in [1.165, 1.54) is 0 Å². The molecule has 0 radical (unpaired) electrons. The van der Waals surface area contributed by atoms with Crippen molar-refractivity contribution in [2.75, 3.05) is 7.11 Å². The smallest absolute Gasteiger partial charge is 0.221 e. The second-order valence-corrected chi connectivity index (χ2v) is 5.05. The Hall–Kier alpha value is -2.24. The second kappa shape index (κ2) is 6.03. The van der Waals surface area contributed by atoms with E-state index in [4.69, 9.17) is 16.3 Å². The van der Waals surface area contributed by atoms with Crippen LogP contribution in [0.3, 0.4) is 0 Å². The number of nitrogens with one attached hydrogen (secondary N) is 2. The first kappa shape index (κ1) is 13.7. The standard InChI is InChI=1S/C15H15ClN4O/c1-21-15-14(12-3-2-4-13(16)8-12)7-11(9-17-15)10-20-6-5-18-19-20/h2-9,18-19H,10H2,1H3. The van der Waals surface area contributed by atoms with Crippen molar-refractivity contribution in [1.82, 2.24) is 21.0 Å². The van der Waals surface area contributed by atoms with Crippen LogP contribution in [0.15, 0.2) is 48.9 Å². The third kappa shape index (κ3) is 3.09. The van der Waals surface area contributed by atoms with Gasteiger partial charge in [-0.1, -0.05) is 23.7 Å².